The van der Waals surface area contributed by atoms with E-state index in [9.17, 15) is 0 Å². The molecular weight excluding hydrogens is 216 g/mol. The summed E-state index contributed by atoms with van der Waals surface area (Å²) in [6.45, 7) is 7.68. The van der Waals surface area contributed by atoms with Gasteiger partial charge in [0.25, 0.3) is 0 Å². The van der Waals surface area contributed by atoms with Crippen LogP contribution in [0.15, 0.2) is 5.38 Å². The zero-order valence-electron chi connectivity index (χ0n) is 10.5. The van der Waals surface area contributed by atoms with Crippen LogP contribution in [-0.4, -0.2) is 17.6 Å². The van der Waals surface area contributed by atoms with Crippen molar-refractivity contribution in [2.45, 2.75) is 52.0 Å². The van der Waals surface area contributed by atoms with E-state index in [1.807, 2.05) is 0 Å². The Hall–Kier alpha value is -0.410. The lowest BCUT2D eigenvalue weighted by Gasteiger charge is -2.16. The second kappa shape index (κ2) is 5.28. The van der Waals surface area contributed by atoms with Crippen LogP contribution in [0.25, 0.3) is 0 Å². The molecule has 1 aliphatic rings. The summed E-state index contributed by atoms with van der Waals surface area (Å²) in [6, 6.07) is 0.663. The van der Waals surface area contributed by atoms with Crippen molar-refractivity contribution >= 4 is 11.3 Å². The van der Waals surface area contributed by atoms with Gasteiger partial charge in [-0.3, -0.25) is 0 Å². The van der Waals surface area contributed by atoms with E-state index < -0.39 is 0 Å². The fraction of sp³-hybridized carbons (Fsp3) is 0.769. The van der Waals surface area contributed by atoms with Crippen LogP contribution in [0.4, 0.5) is 0 Å². The smallest absolute Gasteiger partial charge is 0.0969 e. The van der Waals surface area contributed by atoms with Crippen molar-refractivity contribution in [3.63, 3.8) is 0 Å². The van der Waals surface area contributed by atoms with Crippen molar-refractivity contribution in [2.24, 2.45) is 5.92 Å². The Morgan fingerprint density at radius 1 is 1.50 bits per heavy atom. The second-order valence-electron chi connectivity index (χ2n) is 5.22. The number of aryl methyl sites for hydroxylation is 1. The summed E-state index contributed by atoms with van der Waals surface area (Å²) in [5.41, 5.74) is 1.15. The Labute approximate surface area is 102 Å². The Morgan fingerprint density at radius 2 is 2.25 bits per heavy atom. The molecule has 1 fully saturated rings. The highest BCUT2D eigenvalue weighted by atomic mass is 32.1. The minimum Gasteiger partial charge on any atom is -0.314 e. The van der Waals surface area contributed by atoms with E-state index >= 15 is 0 Å². The van der Waals surface area contributed by atoms with Crippen LogP contribution in [-0.2, 0) is 0 Å². The molecule has 0 aromatic carbocycles. The molecule has 0 amide bonds. The highest BCUT2D eigenvalue weighted by Gasteiger charge is 2.23. The van der Waals surface area contributed by atoms with E-state index in [2.05, 4.69) is 36.5 Å². The lowest BCUT2D eigenvalue weighted by atomic mass is 10.1. The average molecular weight is 238 g/mol. The quantitative estimate of drug-likeness (QED) is 0.822. The Morgan fingerprint density at radius 3 is 2.81 bits per heavy atom. The zero-order valence-corrected chi connectivity index (χ0v) is 11.3. The molecule has 0 radical (unpaired) electrons. The SMILES string of the molecule is Cc1csc(C(C)CNC(C)CC2CC2)n1. The predicted octanol–water partition coefficient (Wildman–Crippen LogP) is 3.33. The molecule has 1 aromatic rings. The van der Waals surface area contributed by atoms with Gasteiger partial charge in [-0.25, -0.2) is 4.98 Å². The third-order valence-corrected chi connectivity index (χ3v) is 4.41. The fourth-order valence-electron chi connectivity index (χ4n) is 2.00. The summed E-state index contributed by atoms with van der Waals surface area (Å²) in [5, 5.41) is 7.03. The summed E-state index contributed by atoms with van der Waals surface area (Å²) in [7, 11) is 0. The van der Waals surface area contributed by atoms with Crippen molar-refractivity contribution in [1.29, 1.82) is 0 Å². The van der Waals surface area contributed by atoms with E-state index in [1.165, 1.54) is 24.3 Å². The molecule has 2 rings (SSSR count). The molecule has 0 saturated heterocycles. The lowest BCUT2D eigenvalue weighted by Crippen LogP contribution is -2.30. The molecule has 2 unspecified atom stereocenters. The topological polar surface area (TPSA) is 24.9 Å². The van der Waals surface area contributed by atoms with Crippen molar-refractivity contribution in [1.82, 2.24) is 10.3 Å². The van der Waals surface area contributed by atoms with Gasteiger partial charge in [-0.2, -0.15) is 0 Å². The molecule has 1 heterocycles. The summed E-state index contributed by atoms with van der Waals surface area (Å²) < 4.78 is 0. The molecule has 0 spiro atoms. The van der Waals surface area contributed by atoms with Crippen LogP contribution < -0.4 is 5.32 Å². The van der Waals surface area contributed by atoms with Crippen LogP contribution >= 0.6 is 11.3 Å². The first-order valence-corrected chi connectivity index (χ1v) is 7.18. The lowest BCUT2D eigenvalue weighted by molar-refractivity contribution is 0.470. The molecule has 0 aliphatic heterocycles. The summed E-state index contributed by atoms with van der Waals surface area (Å²) in [5.74, 6) is 1.56. The van der Waals surface area contributed by atoms with Gasteiger partial charge in [0.1, 0.15) is 0 Å². The molecule has 90 valence electrons. The van der Waals surface area contributed by atoms with E-state index in [0.29, 0.717) is 12.0 Å². The van der Waals surface area contributed by atoms with Crippen molar-refractivity contribution in [3.05, 3.63) is 16.1 Å². The normalized spacial score (nSPS) is 19.7. The first kappa shape index (κ1) is 12.1. The van der Waals surface area contributed by atoms with Crippen LogP contribution in [0, 0.1) is 12.8 Å². The second-order valence-corrected chi connectivity index (χ2v) is 6.11. The number of aromatic nitrogens is 1. The van der Waals surface area contributed by atoms with Crippen molar-refractivity contribution in [2.75, 3.05) is 6.54 Å². The van der Waals surface area contributed by atoms with E-state index in [4.69, 9.17) is 0 Å². The van der Waals surface area contributed by atoms with E-state index in [1.54, 1.807) is 11.3 Å². The highest BCUT2D eigenvalue weighted by Crippen LogP contribution is 2.33. The van der Waals surface area contributed by atoms with Gasteiger partial charge in [0.15, 0.2) is 0 Å². The maximum absolute atomic E-state index is 4.54. The molecular formula is C13H22N2S. The van der Waals surface area contributed by atoms with Gasteiger partial charge >= 0.3 is 0 Å². The molecule has 3 heteroatoms. The Bertz CT molecular complexity index is 330. The van der Waals surface area contributed by atoms with E-state index in [-0.39, 0.29) is 0 Å². The minimum absolute atomic E-state index is 0.542. The summed E-state index contributed by atoms with van der Waals surface area (Å²) >= 11 is 1.78. The highest BCUT2D eigenvalue weighted by molar-refractivity contribution is 7.09. The molecule has 1 saturated carbocycles. The molecule has 2 atom stereocenters. The molecule has 1 aliphatic carbocycles. The van der Waals surface area contributed by atoms with Gasteiger partial charge in [0, 0.05) is 29.6 Å². The molecule has 2 nitrogen and oxygen atoms in total. The number of thiazole rings is 1. The van der Waals surface area contributed by atoms with Gasteiger partial charge in [-0.1, -0.05) is 19.8 Å². The Kier molecular flexibility index (Phi) is 3.98. The predicted molar refractivity (Wildman–Crippen MR) is 70.1 cm³/mol. The number of nitrogens with zero attached hydrogens (tertiary/aromatic N) is 1. The van der Waals surface area contributed by atoms with Crippen molar-refractivity contribution < 1.29 is 0 Å². The number of nitrogens with one attached hydrogen (secondary N) is 1. The Balaban J connectivity index is 1.71. The minimum atomic E-state index is 0.542. The molecule has 0 bridgehead atoms. The maximum atomic E-state index is 4.54. The number of hydrogen-bond acceptors (Lipinski definition) is 3. The van der Waals surface area contributed by atoms with Crippen LogP contribution in [0.3, 0.4) is 0 Å². The van der Waals surface area contributed by atoms with Gasteiger partial charge in [0.2, 0.25) is 0 Å². The van der Waals surface area contributed by atoms with Crippen LogP contribution in [0.5, 0.6) is 0 Å². The fourth-order valence-corrected chi connectivity index (χ4v) is 2.86. The molecule has 1 N–H and O–H groups in total. The number of hydrogen-bond donors (Lipinski definition) is 1. The third-order valence-electron chi connectivity index (χ3n) is 3.21. The largest absolute Gasteiger partial charge is 0.314 e. The van der Waals surface area contributed by atoms with E-state index in [0.717, 1.165) is 18.2 Å². The van der Waals surface area contributed by atoms with Gasteiger partial charge < -0.3 is 5.32 Å². The number of rotatable bonds is 6. The molecule has 16 heavy (non-hydrogen) atoms. The first-order chi connectivity index (χ1) is 7.65. The van der Waals surface area contributed by atoms with Gasteiger partial charge in [0.05, 0.1) is 5.01 Å². The van der Waals surface area contributed by atoms with Crippen LogP contribution in [0.1, 0.15) is 49.7 Å². The summed E-state index contributed by atoms with van der Waals surface area (Å²) in [4.78, 5) is 4.54. The standard InChI is InChI=1S/C13H22N2S/c1-9(13-15-11(3)8-16-13)7-14-10(2)6-12-4-5-12/h8-10,12,14H,4-7H2,1-3H3. The molecule has 1 aromatic heterocycles. The summed E-state index contributed by atoms with van der Waals surface area (Å²) in [6.07, 6.45) is 4.25. The van der Waals surface area contributed by atoms with Gasteiger partial charge in [-0.15, -0.1) is 11.3 Å². The first-order valence-electron chi connectivity index (χ1n) is 6.30. The maximum Gasteiger partial charge on any atom is 0.0969 e. The van der Waals surface area contributed by atoms with Crippen LogP contribution in [0.2, 0.25) is 0 Å². The van der Waals surface area contributed by atoms with Gasteiger partial charge in [-0.05, 0) is 26.2 Å². The monoisotopic (exact) mass is 238 g/mol. The average Bonchev–Trinajstić information content (AvgIpc) is 2.95. The third kappa shape index (κ3) is 3.56. The zero-order chi connectivity index (χ0) is 11.5. The van der Waals surface area contributed by atoms with Crippen molar-refractivity contribution in [3.8, 4) is 0 Å².